The Hall–Kier alpha value is -0.450. The van der Waals surface area contributed by atoms with Crippen LogP contribution in [0.15, 0.2) is 5.51 Å². The summed E-state index contributed by atoms with van der Waals surface area (Å²) in [6, 6.07) is 0. The van der Waals surface area contributed by atoms with E-state index in [1.807, 2.05) is 0 Å². The van der Waals surface area contributed by atoms with Crippen molar-refractivity contribution in [2.24, 2.45) is 0 Å². The van der Waals surface area contributed by atoms with Crippen LogP contribution in [0.5, 0.6) is 0 Å². The largest absolute Gasteiger partial charge is 0.396 e. The van der Waals surface area contributed by atoms with Crippen LogP contribution < -0.4 is 0 Å². The SMILES string of the molecule is OCCc1scnc1CO. The molecule has 4 heteroatoms. The van der Waals surface area contributed by atoms with Gasteiger partial charge < -0.3 is 10.2 Å². The van der Waals surface area contributed by atoms with E-state index >= 15 is 0 Å². The topological polar surface area (TPSA) is 53.4 Å². The summed E-state index contributed by atoms with van der Waals surface area (Å²) in [6.45, 7) is 0.0913. The predicted molar refractivity (Wildman–Crippen MR) is 38.8 cm³/mol. The lowest BCUT2D eigenvalue weighted by Crippen LogP contribution is -1.93. The van der Waals surface area contributed by atoms with Crippen LogP contribution in [-0.4, -0.2) is 21.8 Å². The van der Waals surface area contributed by atoms with Crippen LogP contribution in [-0.2, 0) is 13.0 Å². The minimum atomic E-state index is -0.0289. The van der Waals surface area contributed by atoms with Gasteiger partial charge in [0.25, 0.3) is 0 Å². The van der Waals surface area contributed by atoms with E-state index in [9.17, 15) is 0 Å². The summed E-state index contributed by atoms with van der Waals surface area (Å²) < 4.78 is 0. The Kier molecular flexibility index (Phi) is 2.80. The second-order valence-electron chi connectivity index (χ2n) is 1.85. The second kappa shape index (κ2) is 3.65. The number of hydrogen-bond acceptors (Lipinski definition) is 4. The van der Waals surface area contributed by atoms with E-state index in [-0.39, 0.29) is 13.2 Å². The fourth-order valence-electron chi connectivity index (χ4n) is 0.727. The molecule has 0 amide bonds. The summed E-state index contributed by atoms with van der Waals surface area (Å²) in [5.41, 5.74) is 2.37. The maximum atomic E-state index is 8.70. The molecule has 2 N–H and O–H groups in total. The van der Waals surface area contributed by atoms with Gasteiger partial charge in [-0.25, -0.2) is 4.98 Å². The molecule has 0 aliphatic rings. The Morgan fingerprint density at radius 3 is 2.90 bits per heavy atom. The standard InChI is InChI=1S/C6H9NO2S/c8-2-1-6-5(3-9)7-4-10-6/h4,8-9H,1-3H2. The van der Waals surface area contributed by atoms with Crippen molar-refractivity contribution in [2.45, 2.75) is 13.0 Å². The van der Waals surface area contributed by atoms with Crippen molar-refractivity contribution in [1.82, 2.24) is 4.98 Å². The molecule has 0 aromatic carbocycles. The van der Waals surface area contributed by atoms with E-state index < -0.39 is 0 Å². The number of rotatable bonds is 3. The molecule has 0 saturated carbocycles. The third-order valence-corrected chi connectivity index (χ3v) is 2.15. The van der Waals surface area contributed by atoms with Crippen LogP contribution in [0.3, 0.4) is 0 Å². The first kappa shape index (κ1) is 7.65. The van der Waals surface area contributed by atoms with Crippen LogP contribution in [0.4, 0.5) is 0 Å². The third-order valence-electron chi connectivity index (χ3n) is 1.21. The van der Waals surface area contributed by atoms with Crippen molar-refractivity contribution in [2.75, 3.05) is 6.61 Å². The van der Waals surface area contributed by atoms with Crippen molar-refractivity contribution in [3.05, 3.63) is 16.1 Å². The molecule has 3 nitrogen and oxygen atoms in total. The lowest BCUT2D eigenvalue weighted by Gasteiger charge is -1.93. The van der Waals surface area contributed by atoms with Crippen LogP contribution in [0.25, 0.3) is 0 Å². The number of aliphatic hydroxyl groups excluding tert-OH is 2. The molecule has 10 heavy (non-hydrogen) atoms. The molecule has 0 saturated heterocycles. The van der Waals surface area contributed by atoms with E-state index in [1.165, 1.54) is 11.3 Å². The normalized spacial score (nSPS) is 10.2. The lowest BCUT2D eigenvalue weighted by molar-refractivity contribution is 0.272. The van der Waals surface area contributed by atoms with E-state index in [0.29, 0.717) is 12.1 Å². The molecule has 0 fully saturated rings. The summed E-state index contributed by atoms with van der Waals surface area (Å²) in [4.78, 5) is 4.89. The molecule has 1 aromatic heterocycles. The van der Waals surface area contributed by atoms with E-state index in [2.05, 4.69) is 4.98 Å². The molecule has 0 unspecified atom stereocenters. The zero-order chi connectivity index (χ0) is 7.40. The molecule has 1 heterocycles. The molecule has 0 aliphatic carbocycles. The highest BCUT2D eigenvalue weighted by molar-refractivity contribution is 7.09. The molecular formula is C6H9NO2S. The first-order chi connectivity index (χ1) is 4.88. The predicted octanol–water partition coefficient (Wildman–Crippen LogP) is 0.170. The fourth-order valence-corrected chi connectivity index (χ4v) is 1.50. The van der Waals surface area contributed by atoms with Gasteiger partial charge in [0.1, 0.15) is 0 Å². The van der Waals surface area contributed by atoms with Crippen LogP contribution in [0.1, 0.15) is 10.6 Å². The highest BCUT2D eigenvalue weighted by atomic mass is 32.1. The summed E-state index contributed by atoms with van der Waals surface area (Å²) >= 11 is 1.47. The van der Waals surface area contributed by atoms with Crippen LogP contribution in [0.2, 0.25) is 0 Å². The monoisotopic (exact) mass is 159 g/mol. The molecule has 1 aromatic rings. The summed E-state index contributed by atoms with van der Waals surface area (Å²) in [6.07, 6.45) is 0.598. The number of aliphatic hydroxyl groups is 2. The molecule has 0 aliphatic heterocycles. The van der Waals surface area contributed by atoms with Crippen molar-refractivity contribution < 1.29 is 10.2 Å². The van der Waals surface area contributed by atoms with Crippen molar-refractivity contribution in [3.8, 4) is 0 Å². The van der Waals surface area contributed by atoms with E-state index in [1.54, 1.807) is 5.51 Å². The molecule has 0 spiro atoms. The summed E-state index contributed by atoms with van der Waals surface area (Å²) in [5, 5.41) is 17.3. The maximum Gasteiger partial charge on any atom is 0.0864 e. The van der Waals surface area contributed by atoms with Gasteiger partial charge in [-0.2, -0.15) is 0 Å². The van der Waals surface area contributed by atoms with Gasteiger partial charge in [-0.15, -0.1) is 11.3 Å². The first-order valence-corrected chi connectivity index (χ1v) is 3.89. The van der Waals surface area contributed by atoms with Gasteiger partial charge in [0.15, 0.2) is 0 Å². The highest BCUT2D eigenvalue weighted by Crippen LogP contribution is 2.12. The Morgan fingerprint density at radius 1 is 1.50 bits per heavy atom. The van der Waals surface area contributed by atoms with Gasteiger partial charge in [0, 0.05) is 17.9 Å². The Labute approximate surface area is 63.0 Å². The minimum absolute atomic E-state index is 0.0289. The van der Waals surface area contributed by atoms with Gasteiger partial charge in [-0.1, -0.05) is 0 Å². The quantitative estimate of drug-likeness (QED) is 0.661. The average molecular weight is 159 g/mol. The first-order valence-electron chi connectivity index (χ1n) is 3.01. The summed E-state index contributed by atoms with van der Waals surface area (Å²) in [5.74, 6) is 0. The number of thiazole rings is 1. The number of nitrogens with zero attached hydrogens (tertiary/aromatic N) is 1. The molecule has 0 atom stereocenters. The third kappa shape index (κ3) is 1.53. The molecule has 0 bridgehead atoms. The van der Waals surface area contributed by atoms with Gasteiger partial charge in [-0.3, -0.25) is 0 Å². The lowest BCUT2D eigenvalue weighted by atomic mass is 10.3. The van der Waals surface area contributed by atoms with E-state index in [4.69, 9.17) is 10.2 Å². The molecule has 56 valence electrons. The van der Waals surface area contributed by atoms with Gasteiger partial charge in [-0.05, 0) is 0 Å². The Bertz CT molecular complexity index is 199. The minimum Gasteiger partial charge on any atom is -0.396 e. The second-order valence-corrected chi connectivity index (χ2v) is 2.79. The van der Waals surface area contributed by atoms with Gasteiger partial charge in [0.05, 0.1) is 17.8 Å². The summed E-state index contributed by atoms with van der Waals surface area (Å²) in [7, 11) is 0. The zero-order valence-corrected chi connectivity index (χ0v) is 6.27. The zero-order valence-electron chi connectivity index (χ0n) is 5.45. The highest BCUT2D eigenvalue weighted by Gasteiger charge is 2.02. The van der Waals surface area contributed by atoms with Crippen molar-refractivity contribution in [3.63, 3.8) is 0 Å². The molecular weight excluding hydrogens is 150 g/mol. The Balaban J connectivity index is 2.70. The van der Waals surface area contributed by atoms with Crippen molar-refractivity contribution in [1.29, 1.82) is 0 Å². The molecule has 0 radical (unpaired) electrons. The smallest absolute Gasteiger partial charge is 0.0864 e. The van der Waals surface area contributed by atoms with E-state index in [0.717, 1.165) is 4.88 Å². The Morgan fingerprint density at radius 2 is 2.30 bits per heavy atom. The van der Waals surface area contributed by atoms with Crippen molar-refractivity contribution >= 4 is 11.3 Å². The number of hydrogen-bond donors (Lipinski definition) is 2. The van der Waals surface area contributed by atoms with Crippen LogP contribution in [0, 0.1) is 0 Å². The van der Waals surface area contributed by atoms with Gasteiger partial charge >= 0.3 is 0 Å². The maximum absolute atomic E-state index is 8.70. The van der Waals surface area contributed by atoms with Crippen LogP contribution >= 0.6 is 11.3 Å². The number of aromatic nitrogens is 1. The van der Waals surface area contributed by atoms with Gasteiger partial charge in [0.2, 0.25) is 0 Å². The molecule has 1 rings (SSSR count). The average Bonchev–Trinajstić information content (AvgIpc) is 2.36. The fraction of sp³-hybridized carbons (Fsp3) is 0.500.